The van der Waals surface area contributed by atoms with Crippen molar-refractivity contribution in [1.82, 2.24) is 9.80 Å². The smallest absolute Gasteiger partial charge is 0.419 e. The van der Waals surface area contributed by atoms with Crippen molar-refractivity contribution in [2.75, 3.05) is 45.9 Å². The van der Waals surface area contributed by atoms with Crippen LogP contribution in [0.25, 0.3) is 0 Å². The van der Waals surface area contributed by atoms with Crippen molar-refractivity contribution in [2.24, 2.45) is 0 Å². The molecule has 0 radical (unpaired) electrons. The van der Waals surface area contributed by atoms with Crippen LogP contribution in [0.5, 0.6) is 0 Å². The normalized spacial score (nSPS) is 17.4. The van der Waals surface area contributed by atoms with Crippen LogP contribution >= 0.6 is 0 Å². The predicted molar refractivity (Wildman–Crippen MR) is 61.7 cm³/mol. The lowest BCUT2D eigenvalue weighted by molar-refractivity contribution is -0.183. The number of ether oxygens (including phenoxy) is 1. The molecule has 110 valence electrons. The van der Waals surface area contributed by atoms with Crippen LogP contribution in [0.3, 0.4) is 0 Å². The molecule has 0 saturated carbocycles. The van der Waals surface area contributed by atoms with Crippen LogP contribution in [-0.4, -0.2) is 78.6 Å². The number of halogens is 2. The second-order valence-corrected chi connectivity index (χ2v) is 4.15. The van der Waals surface area contributed by atoms with E-state index >= 15 is 0 Å². The number of rotatable bonds is 5. The highest BCUT2D eigenvalue weighted by atomic mass is 19.3. The van der Waals surface area contributed by atoms with Gasteiger partial charge in [0.25, 0.3) is 0 Å². The predicted octanol–water partition coefficient (Wildman–Crippen LogP) is -0.679. The van der Waals surface area contributed by atoms with Crippen molar-refractivity contribution in [3.8, 4) is 0 Å². The molecular weight excluding hydrogens is 262 g/mol. The largest absolute Gasteiger partial charge is 0.461 e. The molecule has 1 aliphatic heterocycles. The number of hydrogen-bond acceptors (Lipinski definition) is 5. The average molecular weight is 280 g/mol. The fraction of sp³-hybridized carbons (Fsp3) is 0.818. The van der Waals surface area contributed by atoms with Gasteiger partial charge in [0.05, 0.1) is 13.2 Å². The van der Waals surface area contributed by atoms with Crippen molar-refractivity contribution in [2.45, 2.75) is 12.8 Å². The first-order chi connectivity index (χ1) is 8.93. The van der Waals surface area contributed by atoms with E-state index in [4.69, 9.17) is 5.11 Å². The number of esters is 1. The van der Waals surface area contributed by atoms with Crippen LogP contribution in [0.1, 0.15) is 6.92 Å². The minimum atomic E-state index is -4.13. The van der Waals surface area contributed by atoms with Crippen LogP contribution in [-0.2, 0) is 14.3 Å². The van der Waals surface area contributed by atoms with Gasteiger partial charge < -0.3 is 14.7 Å². The van der Waals surface area contributed by atoms with Gasteiger partial charge in [0, 0.05) is 32.7 Å². The van der Waals surface area contributed by atoms with E-state index in [9.17, 15) is 18.4 Å². The summed E-state index contributed by atoms with van der Waals surface area (Å²) in [6.07, 6.45) is 0. The third kappa shape index (κ3) is 3.84. The van der Waals surface area contributed by atoms with Crippen LogP contribution in [0.4, 0.5) is 8.78 Å². The Balaban J connectivity index is 2.57. The summed E-state index contributed by atoms with van der Waals surface area (Å²) in [5.74, 6) is -7.46. The van der Waals surface area contributed by atoms with E-state index in [-0.39, 0.29) is 26.3 Å². The zero-order chi connectivity index (χ0) is 14.5. The van der Waals surface area contributed by atoms with Gasteiger partial charge >= 0.3 is 17.8 Å². The Labute approximate surface area is 109 Å². The number of carbonyl (C=O) groups is 2. The Morgan fingerprint density at radius 3 is 2.32 bits per heavy atom. The van der Waals surface area contributed by atoms with Crippen molar-refractivity contribution in [3.63, 3.8) is 0 Å². The van der Waals surface area contributed by atoms with Gasteiger partial charge in [-0.3, -0.25) is 9.69 Å². The molecule has 0 bridgehead atoms. The monoisotopic (exact) mass is 280 g/mol. The van der Waals surface area contributed by atoms with Crippen molar-refractivity contribution in [3.05, 3.63) is 0 Å². The maximum absolute atomic E-state index is 13.5. The van der Waals surface area contributed by atoms with Crippen LogP contribution in [0.15, 0.2) is 0 Å². The number of aliphatic hydroxyl groups is 1. The topological polar surface area (TPSA) is 70.1 Å². The maximum atomic E-state index is 13.5. The van der Waals surface area contributed by atoms with Gasteiger partial charge in [-0.1, -0.05) is 0 Å². The second-order valence-electron chi connectivity index (χ2n) is 4.15. The zero-order valence-corrected chi connectivity index (χ0v) is 10.8. The first-order valence-corrected chi connectivity index (χ1v) is 6.11. The number of hydrogen-bond donors (Lipinski definition) is 1. The third-order valence-electron chi connectivity index (χ3n) is 2.88. The molecule has 0 unspecified atom stereocenters. The zero-order valence-electron chi connectivity index (χ0n) is 10.8. The van der Waals surface area contributed by atoms with E-state index in [0.29, 0.717) is 19.6 Å². The number of β-amino-alcohol motifs (C(OH)–C–C–N with tert-alkyl or cyclic N) is 1. The number of aliphatic hydroxyl groups excluding tert-OH is 1. The van der Waals surface area contributed by atoms with Crippen LogP contribution in [0, 0.1) is 0 Å². The summed E-state index contributed by atoms with van der Waals surface area (Å²) in [5.41, 5.74) is 0. The minimum Gasteiger partial charge on any atom is -0.461 e. The summed E-state index contributed by atoms with van der Waals surface area (Å²) in [6.45, 7) is 2.61. The number of alkyl halides is 2. The molecule has 1 heterocycles. The Morgan fingerprint density at radius 2 is 1.84 bits per heavy atom. The van der Waals surface area contributed by atoms with E-state index in [1.54, 1.807) is 0 Å². The summed E-state index contributed by atoms with van der Waals surface area (Å²) in [6, 6.07) is 0. The Morgan fingerprint density at radius 1 is 1.26 bits per heavy atom. The summed E-state index contributed by atoms with van der Waals surface area (Å²) >= 11 is 0. The molecule has 0 aromatic carbocycles. The molecule has 1 fully saturated rings. The molecule has 1 amide bonds. The lowest BCUT2D eigenvalue weighted by atomic mass is 10.2. The molecule has 1 N–H and O–H groups in total. The minimum absolute atomic E-state index is 0.0209. The first kappa shape index (κ1) is 15.8. The number of carbonyl (C=O) groups excluding carboxylic acids is 2. The van der Waals surface area contributed by atoms with Crippen molar-refractivity contribution < 1.29 is 28.2 Å². The summed E-state index contributed by atoms with van der Waals surface area (Å²) in [7, 11) is 0. The summed E-state index contributed by atoms with van der Waals surface area (Å²) in [4.78, 5) is 25.5. The molecule has 0 spiro atoms. The number of piperazine rings is 1. The van der Waals surface area contributed by atoms with Gasteiger partial charge in [-0.2, -0.15) is 8.78 Å². The standard InChI is InChI=1S/C11H18F2N2O4/c1-2-19-10(18)11(12,13)9(17)15-5-3-14(4-6-15)7-8-16/h16H,2-8H2,1H3. The van der Waals surface area contributed by atoms with Gasteiger partial charge in [0.1, 0.15) is 0 Å². The lowest BCUT2D eigenvalue weighted by Gasteiger charge is -2.35. The maximum Gasteiger partial charge on any atom is 0.419 e. The molecule has 8 heteroatoms. The third-order valence-corrected chi connectivity index (χ3v) is 2.88. The van der Waals surface area contributed by atoms with E-state index in [1.165, 1.54) is 6.92 Å². The number of amides is 1. The summed E-state index contributed by atoms with van der Waals surface area (Å²) in [5, 5.41) is 8.75. The Bertz CT molecular complexity index is 331. The van der Waals surface area contributed by atoms with Crippen LogP contribution < -0.4 is 0 Å². The SMILES string of the molecule is CCOC(=O)C(F)(F)C(=O)N1CCN(CCO)CC1. The molecule has 6 nitrogen and oxygen atoms in total. The molecule has 0 aromatic heterocycles. The van der Waals surface area contributed by atoms with Crippen LogP contribution in [0.2, 0.25) is 0 Å². The van der Waals surface area contributed by atoms with E-state index < -0.39 is 17.8 Å². The van der Waals surface area contributed by atoms with Gasteiger partial charge in [0.15, 0.2) is 0 Å². The molecular formula is C11H18F2N2O4. The van der Waals surface area contributed by atoms with Gasteiger partial charge in [-0.15, -0.1) is 0 Å². The fourth-order valence-electron chi connectivity index (χ4n) is 1.82. The first-order valence-electron chi connectivity index (χ1n) is 6.11. The molecule has 0 aromatic rings. The lowest BCUT2D eigenvalue weighted by Crippen LogP contribution is -2.55. The van der Waals surface area contributed by atoms with E-state index in [1.807, 2.05) is 4.90 Å². The molecule has 19 heavy (non-hydrogen) atoms. The Kier molecular flexibility index (Phi) is 5.61. The van der Waals surface area contributed by atoms with Crippen molar-refractivity contribution in [1.29, 1.82) is 0 Å². The molecule has 0 atom stereocenters. The molecule has 1 aliphatic rings. The van der Waals surface area contributed by atoms with Gasteiger partial charge in [-0.25, -0.2) is 4.79 Å². The van der Waals surface area contributed by atoms with E-state index in [2.05, 4.69) is 4.74 Å². The molecule has 1 rings (SSSR count). The second kappa shape index (κ2) is 6.76. The average Bonchev–Trinajstić information content (AvgIpc) is 2.39. The van der Waals surface area contributed by atoms with Gasteiger partial charge in [0.2, 0.25) is 0 Å². The fourth-order valence-corrected chi connectivity index (χ4v) is 1.82. The summed E-state index contributed by atoms with van der Waals surface area (Å²) < 4.78 is 31.2. The van der Waals surface area contributed by atoms with E-state index in [0.717, 1.165) is 4.90 Å². The highest BCUT2D eigenvalue weighted by Crippen LogP contribution is 2.20. The quantitative estimate of drug-likeness (QED) is 0.534. The molecule has 1 saturated heterocycles. The van der Waals surface area contributed by atoms with Gasteiger partial charge in [-0.05, 0) is 6.92 Å². The Hall–Kier alpha value is -1.28. The van der Waals surface area contributed by atoms with Crippen molar-refractivity contribution >= 4 is 11.9 Å². The highest BCUT2D eigenvalue weighted by molar-refractivity contribution is 6.04. The molecule has 0 aliphatic carbocycles. The highest BCUT2D eigenvalue weighted by Gasteiger charge is 2.51. The number of nitrogens with zero attached hydrogens (tertiary/aromatic N) is 2.